The van der Waals surface area contributed by atoms with Gasteiger partial charge in [0.1, 0.15) is 0 Å². The molecule has 0 aliphatic carbocycles. The van der Waals surface area contributed by atoms with Gasteiger partial charge in [-0.25, -0.2) is 0 Å². The van der Waals surface area contributed by atoms with E-state index >= 15 is 0 Å². The molecule has 2 rings (SSSR count). The molecule has 1 aromatic rings. The van der Waals surface area contributed by atoms with Crippen molar-refractivity contribution in [3.63, 3.8) is 0 Å². The molecule has 1 nitrogen and oxygen atoms in total. The van der Waals surface area contributed by atoms with Crippen LogP contribution >= 0.6 is 22.9 Å². The summed E-state index contributed by atoms with van der Waals surface area (Å²) in [4.78, 5) is 0. The summed E-state index contributed by atoms with van der Waals surface area (Å²) in [5.74, 6) is 0. The largest absolute Gasteiger partial charge is 0.314 e. The molecule has 0 aromatic heterocycles. The quantitative estimate of drug-likeness (QED) is 0.511. The number of anilines is 1. The van der Waals surface area contributed by atoms with Gasteiger partial charge in [-0.05, 0) is 30.5 Å². The zero-order valence-corrected chi connectivity index (χ0v) is 8.63. The van der Waals surface area contributed by atoms with Crippen LogP contribution in [0.2, 0.25) is 0 Å². The first-order valence-electron chi connectivity index (χ1n) is 3.81. The van der Waals surface area contributed by atoms with Gasteiger partial charge < -0.3 is 3.11 Å². The molecule has 2 heteroatoms. The molecule has 0 fully saturated rings. The van der Waals surface area contributed by atoms with Crippen LogP contribution in [0.3, 0.4) is 0 Å². The Morgan fingerprint density at radius 1 is 1.45 bits per heavy atom. The Bertz CT molecular complexity index is 283. The molecule has 0 saturated heterocycles. The van der Waals surface area contributed by atoms with Crippen molar-refractivity contribution in [1.29, 1.82) is 0 Å². The SMILES string of the molecule is Cc1cccc2c1CCN2I. The molecule has 1 heterocycles. The third-order valence-corrected chi connectivity index (χ3v) is 3.21. The minimum atomic E-state index is 1.17. The van der Waals surface area contributed by atoms with E-state index in [1.54, 1.807) is 0 Å². The highest BCUT2D eigenvalue weighted by atomic mass is 127. The van der Waals surface area contributed by atoms with Crippen LogP contribution in [-0.2, 0) is 6.42 Å². The first kappa shape index (κ1) is 7.40. The lowest BCUT2D eigenvalue weighted by molar-refractivity contribution is 1.06. The van der Waals surface area contributed by atoms with Gasteiger partial charge in [-0.2, -0.15) is 0 Å². The van der Waals surface area contributed by atoms with Crippen molar-refractivity contribution in [2.24, 2.45) is 0 Å². The zero-order chi connectivity index (χ0) is 7.84. The molecule has 0 atom stereocenters. The first-order valence-corrected chi connectivity index (χ1v) is 4.77. The number of rotatable bonds is 0. The van der Waals surface area contributed by atoms with E-state index < -0.39 is 0 Å². The molecule has 0 unspecified atom stereocenters. The number of fused-ring (bicyclic) bond motifs is 1. The molecule has 0 saturated carbocycles. The van der Waals surface area contributed by atoms with Crippen molar-refractivity contribution in [3.05, 3.63) is 29.3 Å². The van der Waals surface area contributed by atoms with E-state index in [1.165, 1.54) is 29.8 Å². The molecule has 1 aromatic carbocycles. The summed E-state index contributed by atoms with van der Waals surface area (Å²) < 4.78 is 2.29. The number of aryl methyl sites for hydroxylation is 1. The van der Waals surface area contributed by atoms with Gasteiger partial charge in [0.2, 0.25) is 0 Å². The monoisotopic (exact) mass is 259 g/mol. The van der Waals surface area contributed by atoms with Gasteiger partial charge in [0.15, 0.2) is 0 Å². The third kappa shape index (κ3) is 1.13. The van der Waals surface area contributed by atoms with Crippen LogP contribution in [-0.4, -0.2) is 6.54 Å². The van der Waals surface area contributed by atoms with Crippen LogP contribution in [0, 0.1) is 6.92 Å². The number of halogens is 1. The average Bonchev–Trinajstić information content (AvgIpc) is 2.35. The fourth-order valence-corrected chi connectivity index (χ4v) is 2.26. The topological polar surface area (TPSA) is 3.24 Å². The molecule has 0 N–H and O–H groups in total. The summed E-state index contributed by atoms with van der Waals surface area (Å²) in [6, 6.07) is 6.52. The van der Waals surface area contributed by atoms with Crippen molar-refractivity contribution < 1.29 is 0 Å². The molecule has 0 radical (unpaired) electrons. The second-order valence-electron chi connectivity index (χ2n) is 2.91. The summed E-state index contributed by atoms with van der Waals surface area (Å²) in [5.41, 5.74) is 4.37. The van der Waals surface area contributed by atoms with Crippen LogP contribution in [0.25, 0.3) is 0 Å². The van der Waals surface area contributed by atoms with Crippen molar-refractivity contribution in [1.82, 2.24) is 0 Å². The Kier molecular flexibility index (Phi) is 1.79. The van der Waals surface area contributed by atoms with Crippen molar-refractivity contribution in [3.8, 4) is 0 Å². The third-order valence-electron chi connectivity index (χ3n) is 2.21. The number of hydrogen-bond acceptors (Lipinski definition) is 1. The maximum absolute atomic E-state index is 2.37. The van der Waals surface area contributed by atoms with Crippen LogP contribution < -0.4 is 3.11 Å². The van der Waals surface area contributed by atoms with E-state index in [0.717, 1.165) is 0 Å². The molecular formula is C9H10IN. The smallest absolute Gasteiger partial charge is 0.0591 e. The minimum absolute atomic E-state index is 1.17. The Hall–Kier alpha value is -0.250. The summed E-state index contributed by atoms with van der Waals surface area (Å²) in [5, 5.41) is 0. The number of nitrogens with zero attached hydrogens (tertiary/aromatic N) is 1. The number of benzene rings is 1. The van der Waals surface area contributed by atoms with Crippen molar-refractivity contribution in [2.75, 3.05) is 9.66 Å². The molecule has 58 valence electrons. The number of hydrogen-bond donors (Lipinski definition) is 0. The second kappa shape index (κ2) is 2.66. The molecule has 0 bridgehead atoms. The van der Waals surface area contributed by atoms with Gasteiger partial charge in [-0.15, -0.1) is 0 Å². The molecule has 1 aliphatic rings. The van der Waals surface area contributed by atoms with E-state index in [1.807, 2.05) is 0 Å². The predicted octanol–water partition coefficient (Wildman–Crippen LogP) is 2.71. The van der Waals surface area contributed by atoms with Crippen LogP contribution in [0.1, 0.15) is 11.1 Å². The van der Waals surface area contributed by atoms with Gasteiger partial charge in [0.25, 0.3) is 0 Å². The van der Waals surface area contributed by atoms with Gasteiger partial charge >= 0.3 is 0 Å². The summed E-state index contributed by atoms with van der Waals surface area (Å²) in [7, 11) is 0. The maximum Gasteiger partial charge on any atom is 0.0591 e. The molecule has 11 heavy (non-hydrogen) atoms. The lowest BCUT2D eigenvalue weighted by atomic mass is 10.1. The summed E-state index contributed by atoms with van der Waals surface area (Å²) in [6.07, 6.45) is 1.21. The Morgan fingerprint density at radius 3 is 3.00 bits per heavy atom. The zero-order valence-electron chi connectivity index (χ0n) is 6.47. The van der Waals surface area contributed by atoms with E-state index in [-0.39, 0.29) is 0 Å². The highest BCUT2D eigenvalue weighted by molar-refractivity contribution is 14.1. The van der Waals surface area contributed by atoms with E-state index in [4.69, 9.17) is 0 Å². The summed E-state index contributed by atoms with van der Waals surface area (Å²) >= 11 is 2.37. The molecule has 0 spiro atoms. The standard InChI is InChI=1S/C9H10IN/c1-7-3-2-4-9-8(7)5-6-11(9)10/h2-4H,5-6H2,1H3. The van der Waals surface area contributed by atoms with Gasteiger partial charge in [-0.1, -0.05) is 12.1 Å². The lowest BCUT2D eigenvalue weighted by Crippen LogP contribution is -2.02. The van der Waals surface area contributed by atoms with Crippen molar-refractivity contribution in [2.45, 2.75) is 13.3 Å². The van der Waals surface area contributed by atoms with Gasteiger partial charge in [0, 0.05) is 12.2 Å². The molecule has 0 amide bonds. The second-order valence-corrected chi connectivity index (χ2v) is 4.07. The van der Waals surface area contributed by atoms with Crippen LogP contribution in [0.15, 0.2) is 18.2 Å². The van der Waals surface area contributed by atoms with Crippen LogP contribution in [0.5, 0.6) is 0 Å². The highest BCUT2D eigenvalue weighted by Crippen LogP contribution is 2.32. The Labute approximate surface area is 80.9 Å². The van der Waals surface area contributed by atoms with Gasteiger partial charge in [-0.3, -0.25) is 0 Å². The summed E-state index contributed by atoms with van der Waals surface area (Å²) in [6.45, 7) is 3.36. The molecule has 1 aliphatic heterocycles. The Balaban J connectivity index is 2.57. The van der Waals surface area contributed by atoms with E-state index in [9.17, 15) is 0 Å². The average molecular weight is 259 g/mol. The fraction of sp³-hybridized carbons (Fsp3) is 0.333. The van der Waals surface area contributed by atoms with Crippen LogP contribution in [0.4, 0.5) is 5.69 Å². The Morgan fingerprint density at radius 2 is 2.27 bits per heavy atom. The normalized spacial score (nSPS) is 15.3. The van der Waals surface area contributed by atoms with E-state index in [2.05, 4.69) is 51.1 Å². The predicted molar refractivity (Wildman–Crippen MR) is 56.2 cm³/mol. The minimum Gasteiger partial charge on any atom is -0.314 e. The molecular weight excluding hydrogens is 249 g/mol. The van der Waals surface area contributed by atoms with Gasteiger partial charge in [0.05, 0.1) is 22.9 Å². The maximum atomic E-state index is 2.37. The fourth-order valence-electron chi connectivity index (χ4n) is 1.57. The lowest BCUT2D eigenvalue weighted by Gasteiger charge is -2.08. The first-order chi connectivity index (χ1) is 5.29. The highest BCUT2D eigenvalue weighted by Gasteiger charge is 2.17. The van der Waals surface area contributed by atoms with Crippen molar-refractivity contribution >= 4 is 28.6 Å². The van der Waals surface area contributed by atoms with E-state index in [0.29, 0.717) is 0 Å².